The number of likely N-dealkylation sites (tertiary alicyclic amines) is 1. The summed E-state index contributed by atoms with van der Waals surface area (Å²) in [6.07, 6.45) is 7.13. The number of aromatic nitrogens is 4. The smallest absolute Gasteiger partial charge is 0.278 e. The number of benzene rings is 1. The van der Waals surface area contributed by atoms with Gasteiger partial charge in [0.25, 0.3) is 5.89 Å². The van der Waals surface area contributed by atoms with Gasteiger partial charge in [-0.2, -0.15) is 4.98 Å². The van der Waals surface area contributed by atoms with E-state index in [4.69, 9.17) is 4.52 Å². The van der Waals surface area contributed by atoms with E-state index in [1.807, 2.05) is 0 Å². The molecule has 0 bridgehead atoms. The van der Waals surface area contributed by atoms with E-state index in [2.05, 4.69) is 56.2 Å². The molecule has 3 aromatic rings. The fourth-order valence-electron chi connectivity index (χ4n) is 3.35. The van der Waals surface area contributed by atoms with Gasteiger partial charge in [0, 0.05) is 31.4 Å². The lowest BCUT2D eigenvalue weighted by Gasteiger charge is -2.31. The van der Waals surface area contributed by atoms with Gasteiger partial charge in [-0.05, 0) is 37.4 Å². The van der Waals surface area contributed by atoms with Gasteiger partial charge in [0.2, 0.25) is 0 Å². The zero-order chi connectivity index (χ0) is 17.1. The Morgan fingerprint density at radius 1 is 1.24 bits per heavy atom. The average Bonchev–Trinajstić information content (AvgIpc) is 3.15. The number of nitrogens with zero attached hydrogens (tertiary/aromatic N) is 5. The Bertz CT molecular complexity index is 833. The average molecular weight is 335 g/mol. The van der Waals surface area contributed by atoms with Crippen LogP contribution in [0, 0.1) is 6.92 Å². The summed E-state index contributed by atoms with van der Waals surface area (Å²) in [5, 5.41) is 4.19. The first kappa shape index (κ1) is 15.9. The highest BCUT2D eigenvalue weighted by Crippen LogP contribution is 2.27. The summed E-state index contributed by atoms with van der Waals surface area (Å²) in [5.41, 5.74) is 3.35. The Kier molecular flexibility index (Phi) is 4.52. The van der Waals surface area contributed by atoms with Gasteiger partial charge in [-0.15, -0.1) is 0 Å². The molecule has 1 aliphatic heterocycles. The Morgan fingerprint density at radius 2 is 2.16 bits per heavy atom. The van der Waals surface area contributed by atoms with E-state index in [1.54, 1.807) is 18.6 Å². The summed E-state index contributed by atoms with van der Waals surface area (Å²) >= 11 is 0. The number of aryl methyl sites for hydroxylation is 1. The van der Waals surface area contributed by atoms with E-state index in [0.29, 0.717) is 17.5 Å². The Balaban J connectivity index is 1.46. The molecule has 1 fully saturated rings. The molecule has 2 aromatic heterocycles. The van der Waals surface area contributed by atoms with Crippen LogP contribution in [0.25, 0.3) is 11.6 Å². The van der Waals surface area contributed by atoms with Crippen LogP contribution >= 0.6 is 0 Å². The normalized spacial score (nSPS) is 18.4. The number of hydrogen-bond donors (Lipinski definition) is 0. The van der Waals surface area contributed by atoms with Gasteiger partial charge in [-0.25, -0.2) is 4.98 Å². The van der Waals surface area contributed by atoms with Gasteiger partial charge >= 0.3 is 0 Å². The van der Waals surface area contributed by atoms with Gasteiger partial charge in [0.05, 0.1) is 6.20 Å². The molecule has 0 aliphatic carbocycles. The molecule has 4 rings (SSSR count). The minimum absolute atomic E-state index is 0.298. The van der Waals surface area contributed by atoms with Crippen LogP contribution in [0.2, 0.25) is 0 Å². The van der Waals surface area contributed by atoms with Crippen molar-refractivity contribution in [3.8, 4) is 11.6 Å². The molecule has 0 radical (unpaired) electrons. The standard InChI is InChI=1S/C19H21N5O/c1-14-5-2-3-6-15(14)12-24-10-4-7-16(13-24)18-22-19(25-23-18)17-11-20-8-9-21-17/h2-3,5-6,8-9,11,16H,4,7,10,12-13H2,1H3. The fourth-order valence-corrected chi connectivity index (χ4v) is 3.35. The number of rotatable bonds is 4. The van der Waals surface area contributed by atoms with Gasteiger partial charge in [-0.3, -0.25) is 9.88 Å². The van der Waals surface area contributed by atoms with Crippen molar-refractivity contribution < 1.29 is 4.52 Å². The van der Waals surface area contributed by atoms with E-state index >= 15 is 0 Å². The lowest BCUT2D eigenvalue weighted by Crippen LogP contribution is -2.34. The fraction of sp³-hybridized carbons (Fsp3) is 0.368. The Morgan fingerprint density at radius 3 is 3.00 bits per heavy atom. The number of piperidine rings is 1. The van der Waals surface area contributed by atoms with E-state index in [1.165, 1.54) is 11.1 Å². The molecule has 25 heavy (non-hydrogen) atoms. The second-order valence-corrected chi connectivity index (χ2v) is 6.55. The molecule has 3 heterocycles. The molecular formula is C19H21N5O. The van der Waals surface area contributed by atoms with Crippen molar-refractivity contribution in [2.24, 2.45) is 0 Å². The van der Waals surface area contributed by atoms with Crippen LogP contribution in [-0.2, 0) is 6.54 Å². The maximum atomic E-state index is 5.39. The summed E-state index contributed by atoms with van der Waals surface area (Å²) < 4.78 is 5.39. The van der Waals surface area contributed by atoms with Gasteiger partial charge in [0.15, 0.2) is 5.82 Å². The largest absolute Gasteiger partial charge is 0.332 e. The minimum Gasteiger partial charge on any atom is -0.332 e. The quantitative estimate of drug-likeness (QED) is 0.729. The molecule has 1 atom stereocenters. The highest BCUT2D eigenvalue weighted by atomic mass is 16.5. The summed E-state index contributed by atoms with van der Waals surface area (Å²) in [5.74, 6) is 1.52. The predicted molar refractivity (Wildman–Crippen MR) is 93.8 cm³/mol. The van der Waals surface area contributed by atoms with Crippen molar-refractivity contribution in [2.45, 2.75) is 32.2 Å². The lowest BCUT2D eigenvalue weighted by molar-refractivity contribution is 0.194. The van der Waals surface area contributed by atoms with Crippen LogP contribution in [0.1, 0.15) is 35.7 Å². The third-order valence-corrected chi connectivity index (χ3v) is 4.75. The highest BCUT2D eigenvalue weighted by Gasteiger charge is 2.26. The summed E-state index contributed by atoms with van der Waals surface area (Å²) in [6, 6.07) is 8.57. The summed E-state index contributed by atoms with van der Waals surface area (Å²) in [6.45, 7) is 5.20. The zero-order valence-corrected chi connectivity index (χ0v) is 14.3. The van der Waals surface area contributed by atoms with Crippen molar-refractivity contribution in [3.63, 3.8) is 0 Å². The topological polar surface area (TPSA) is 67.9 Å². The first-order valence-corrected chi connectivity index (χ1v) is 8.66. The number of hydrogen-bond acceptors (Lipinski definition) is 6. The molecule has 1 aliphatic rings. The second kappa shape index (κ2) is 7.11. The lowest BCUT2D eigenvalue weighted by atomic mass is 9.96. The zero-order valence-electron chi connectivity index (χ0n) is 14.3. The Hall–Kier alpha value is -2.60. The van der Waals surface area contributed by atoms with Gasteiger partial charge in [0.1, 0.15) is 5.69 Å². The van der Waals surface area contributed by atoms with Crippen LogP contribution < -0.4 is 0 Å². The van der Waals surface area contributed by atoms with Crippen LogP contribution in [0.4, 0.5) is 0 Å². The molecule has 128 valence electrons. The maximum Gasteiger partial charge on any atom is 0.278 e. The maximum absolute atomic E-state index is 5.39. The molecule has 0 spiro atoms. The predicted octanol–water partition coefficient (Wildman–Crippen LogP) is 3.21. The monoisotopic (exact) mass is 335 g/mol. The SMILES string of the molecule is Cc1ccccc1CN1CCCC(c2noc(-c3cnccn3)n2)C1. The van der Waals surface area contributed by atoms with Crippen LogP contribution in [0.3, 0.4) is 0 Å². The molecular weight excluding hydrogens is 314 g/mol. The van der Waals surface area contributed by atoms with Crippen molar-refractivity contribution in [2.75, 3.05) is 13.1 Å². The third kappa shape index (κ3) is 3.58. The Labute approximate surface area is 146 Å². The van der Waals surface area contributed by atoms with E-state index < -0.39 is 0 Å². The first-order chi connectivity index (χ1) is 12.3. The van der Waals surface area contributed by atoms with Gasteiger partial charge in [-0.1, -0.05) is 29.4 Å². The minimum atomic E-state index is 0.298. The van der Waals surface area contributed by atoms with Crippen molar-refractivity contribution in [1.29, 1.82) is 0 Å². The third-order valence-electron chi connectivity index (χ3n) is 4.75. The molecule has 1 aromatic carbocycles. The molecule has 0 amide bonds. The molecule has 0 N–H and O–H groups in total. The second-order valence-electron chi connectivity index (χ2n) is 6.55. The highest BCUT2D eigenvalue weighted by molar-refractivity contribution is 5.43. The molecule has 6 nitrogen and oxygen atoms in total. The molecule has 6 heteroatoms. The van der Waals surface area contributed by atoms with Crippen molar-refractivity contribution in [1.82, 2.24) is 25.0 Å². The van der Waals surface area contributed by atoms with Crippen LogP contribution in [0.5, 0.6) is 0 Å². The van der Waals surface area contributed by atoms with Gasteiger partial charge < -0.3 is 4.52 Å². The van der Waals surface area contributed by atoms with Crippen LogP contribution in [0.15, 0.2) is 47.4 Å². The van der Waals surface area contributed by atoms with Crippen molar-refractivity contribution >= 4 is 0 Å². The van der Waals surface area contributed by atoms with E-state index in [-0.39, 0.29) is 0 Å². The molecule has 1 saturated heterocycles. The van der Waals surface area contributed by atoms with E-state index in [0.717, 1.165) is 38.3 Å². The van der Waals surface area contributed by atoms with E-state index in [9.17, 15) is 0 Å². The summed E-state index contributed by atoms with van der Waals surface area (Å²) in [4.78, 5) is 15.3. The van der Waals surface area contributed by atoms with Crippen LogP contribution in [-0.4, -0.2) is 38.1 Å². The molecule has 0 saturated carbocycles. The molecule has 1 unspecified atom stereocenters. The van der Waals surface area contributed by atoms with Crippen molar-refractivity contribution in [3.05, 3.63) is 59.8 Å². The summed E-state index contributed by atoms with van der Waals surface area (Å²) in [7, 11) is 0. The first-order valence-electron chi connectivity index (χ1n) is 8.66.